The van der Waals surface area contributed by atoms with E-state index in [1.54, 1.807) is 6.92 Å². The summed E-state index contributed by atoms with van der Waals surface area (Å²) < 4.78 is 30.4. The second kappa shape index (κ2) is 4.21. The van der Waals surface area contributed by atoms with Crippen LogP contribution in [0.2, 0.25) is 0 Å². The molecule has 0 radical (unpaired) electrons. The lowest BCUT2D eigenvalue weighted by atomic mass is 10.4. The number of aryl methyl sites for hydroxylation is 1. The van der Waals surface area contributed by atoms with Crippen molar-refractivity contribution in [1.82, 2.24) is 15.1 Å². The lowest BCUT2D eigenvalue weighted by Gasteiger charge is -2.02. The monoisotopic (exact) mass is 226 g/mol. The summed E-state index contributed by atoms with van der Waals surface area (Å²) in [5.74, 6) is -0.741. The minimum Gasteiger partial charge on any atom is -0.360 e. The topological polar surface area (TPSA) is 63.8 Å². The normalized spacial score (nSPS) is 10.4. The highest BCUT2D eigenvalue weighted by molar-refractivity contribution is 5.35. The van der Waals surface area contributed by atoms with Crippen molar-refractivity contribution in [3.8, 4) is 0 Å². The van der Waals surface area contributed by atoms with Gasteiger partial charge in [-0.25, -0.2) is 13.8 Å². The average Bonchev–Trinajstić information content (AvgIpc) is 2.63. The highest BCUT2D eigenvalue weighted by Crippen LogP contribution is 2.11. The molecule has 2 aromatic heterocycles. The number of halogens is 2. The van der Waals surface area contributed by atoms with E-state index in [9.17, 15) is 8.78 Å². The molecule has 2 aromatic rings. The second-order valence-corrected chi connectivity index (χ2v) is 3.07. The van der Waals surface area contributed by atoms with Crippen LogP contribution in [0.5, 0.6) is 0 Å². The number of pyridine rings is 1. The van der Waals surface area contributed by atoms with Crippen LogP contribution in [0, 0.1) is 18.6 Å². The maximum atomic E-state index is 13.1. The third-order valence-corrected chi connectivity index (χ3v) is 1.79. The lowest BCUT2D eigenvalue weighted by Crippen LogP contribution is -2.05. The van der Waals surface area contributed by atoms with Crippen molar-refractivity contribution < 1.29 is 13.3 Å². The van der Waals surface area contributed by atoms with Gasteiger partial charge in [-0.15, -0.1) is 0 Å². The molecule has 84 valence electrons. The van der Waals surface area contributed by atoms with Gasteiger partial charge in [0.25, 0.3) is 0 Å². The SMILES string of the molecule is Cc1nc(CNc2ncc(F)cc2F)no1. The van der Waals surface area contributed by atoms with Crippen LogP contribution in [-0.4, -0.2) is 15.1 Å². The molecule has 16 heavy (non-hydrogen) atoms. The van der Waals surface area contributed by atoms with E-state index in [1.807, 2.05) is 0 Å². The Bertz CT molecular complexity index is 500. The van der Waals surface area contributed by atoms with Crippen LogP contribution < -0.4 is 5.32 Å². The molecule has 0 spiro atoms. The van der Waals surface area contributed by atoms with E-state index >= 15 is 0 Å². The minimum atomic E-state index is -0.764. The van der Waals surface area contributed by atoms with Crippen molar-refractivity contribution in [2.45, 2.75) is 13.5 Å². The molecular weight excluding hydrogens is 218 g/mol. The first-order valence-corrected chi connectivity index (χ1v) is 4.49. The maximum absolute atomic E-state index is 13.1. The quantitative estimate of drug-likeness (QED) is 0.862. The zero-order valence-electron chi connectivity index (χ0n) is 8.37. The average molecular weight is 226 g/mol. The molecule has 0 atom stereocenters. The molecular formula is C9H8F2N4O. The summed E-state index contributed by atoms with van der Waals surface area (Å²) in [6.07, 6.45) is 0.924. The van der Waals surface area contributed by atoms with Gasteiger partial charge in [0.2, 0.25) is 5.89 Å². The van der Waals surface area contributed by atoms with Gasteiger partial charge in [0, 0.05) is 13.0 Å². The van der Waals surface area contributed by atoms with Crippen LogP contribution in [0.3, 0.4) is 0 Å². The molecule has 5 nitrogen and oxygen atoms in total. The number of aromatic nitrogens is 3. The van der Waals surface area contributed by atoms with Gasteiger partial charge in [0.05, 0.1) is 12.7 Å². The van der Waals surface area contributed by atoms with Crippen molar-refractivity contribution in [1.29, 1.82) is 0 Å². The molecule has 2 rings (SSSR count). The van der Waals surface area contributed by atoms with Gasteiger partial charge in [-0.2, -0.15) is 4.98 Å². The summed E-state index contributed by atoms with van der Waals surface area (Å²) in [5.41, 5.74) is 0. The molecule has 2 heterocycles. The minimum absolute atomic E-state index is 0.0520. The third-order valence-electron chi connectivity index (χ3n) is 1.79. The molecule has 0 fully saturated rings. The zero-order valence-corrected chi connectivity index (χ0v) is 8.37. The zero-order chi connectivity index (χ0) is 11.5. The first kappa shape index (κ1) is 10.5. The Morgan fingerprint density at radius 3 is 2.88 bits per heavy atom. The van der Waals surface area contributed by atoms with Crippen LogP contribution in [0.15, 0.2) is 16.8 Å². The summed E-state index contributed by atoms with van der Waals surface area (Å²) in [5, 5.41) is 6.24. The van der Waals surface area contributed by atoms with Gasteiger partial charge in [0.1, 0.15) is 5.82 Å². The largest absolute Gasteiger partial charge is 0.360 e. The molecule has 0 aliphatic heterocycles. The summed E-state index contributed by atoms with van der Waals surface area (Å²) >= 11 is 0. The summed E-state index contributed by atoms with van der Waals surface area (Å²) in [6.45, 7) is 1.81. The fourth-order valence-corrected chi connectivity index (χ4v) is 1.12. The van der Waals surface area contributed by atoms with Crippen LogP contribution in [0.1, 0.15) is 11.7 Å². The Kier molecular flexibility index (Phi) is 2.76. The van der Waals surface area contributed by atoms with Gasteiger partial charge < -0.3 is 9.84 Å². The molecule has 0 aromatic carbocycles. The molecule has 0 bridgehead atoms. The van der Waals surface area contributed by atoms with E-state index in [4.69, 9.17) is 4.52 Å². The Morgan fingerprint density at radius 2 is 2.25 bits per heavy atom. The molecule has 0 amide bonds. The van der Waals surface area contributed by atoms with Gasteiger partial charge in [-0.05, 0) is 0 Å². The van der Waals surface area contributed by atoms with Crippen molar-refractivity contribution in [2.24, 2.45) is 0 Å². The Balaban J connectivity index is 2.04. The molecule has 0 aliphatic carbocycles. The maximum Gasteiger partial charge on any atom is 0.223 e. The lowest BCUT2D eigenvalue weighted by molar-refractivity contribution is 0.388. The fourth-order valence-electron chi connectivity index (χ4n) is 1.12. The molecule has 1 N–H and O–H groups in total. The van der Waals surface area contributed by atoms with E-state index < -0.39 is 11.6 Å². The van der Waals surface area contributed by atoms with E-state index in [0.717, 1.165) is 12.3 Å². The van der Waals surface area contributed by atoms with E-state index in [2.05, 4.69) is 20.4 Å². The van der Waals surface area contributed by atoms with Gasteiger partial charge in [-0.3, -0.25) is 0 Å². The predicted molar refractivity (Wildman–Crippen MR) is 50.5 cm³/mol. The van der Waals surface area contributed by atoms with Gasteiger partial charge in [-0.1, -0.05) is 5.16 Å². The highest BCUT2D eigenvalue weighted by Gasteiger charge is 2.07. The molecule has 0 unspecified atom stereocenters. The second-order valence-electron chi connectivity index (χ2n) is 3.07. The van der Waals surface area contributed by atoms with Gasteiger partial charge >= 0.3 is 0 Å². The number of hydrogen-bond donors (Lipinski definition) is 1. The molecule has 0 saturated carbocycles. The van der Waals surface area contributed by atoms with Crippen molar-refractivity contribution in [3.05, 3.63) is 35.6 Å². The number of nitrogens with one attached hydrogen (secondary N) is 1. The van der Waals surface area contributed by atoms with Crippen LogP contribution in [0.4, 0.5) is 14.6 Å². The summed E-state index contributed by atoms with van der Waals surface area (Å²) in [7, 11) is 0. The Labute approximate surface area is 89.5 Å². The standard InChI is InChI=1S/C9H8F2N4O/c1-5-14-8(15-16-5)4-13-9-7(11)2-6(10)3-12-9/h2-3H,4H2,1H3,(H,12,13). The first-order chi connectivity index (χ1) is 7.65. The van der Waals surface area contributed by atoms with E-state index in [1.165, 1.54) is 0 Å². The molecule has 0 saturated heterocycles. The number of rotatable bonds is 3. The van der Waals surface area contributed by atoms with E-state index in [0.29, 0.717) is 11.7 Å². The number of nitrogens with zero attached hydrogens (tertiary/aromatic N) is 3. The van der Waals surface area contributed by atoms with Crippen LogP contribution >= 0.6 is 0 Å². The van der Waals surface area contributed by atoms with Crippen molar-refractivity contribution in [2.75, 3.05) is 5.32 Å². The molecule has 0 aliphatic rings. The van der Waals surface area contributed by atoms with Crippen molar-refractivity contribution >= 4 is 5.82 Å². The number of anilines is 1. The number of hydrogen-bond acceptors (Lipinski definition) is 5. The summed E-state index contributed by atoms with van der Waals surface area (Å²) in [4.78, 5) is 7.46. The van der Waals surface area contributed by atoms with Gasteiger partial charge in [0.15, 0.2) is 17.5 Å². The fraction of sp³-hybridized carbons (Fsp3) is 0.222. The van der Waals surface area contributed by atoms with Crippen molar-refractivity contribution in [3.63, 3.8) is 0 Å². The Hall–Kier alpha value is -2.05. The van der Waals surface area contributed by atoms with E-state index in [-0.39, 0.29) is 12.4 Å². The van der Waals surface area contributed by atoms with Crippen LogP contribution in [-0.2, 0) is 6.54 Å². The first-order valence-electron chi connectivity index (χ1n) is 4.49. The third kappa shape index (κ3) is 2.30. The Morgan fingerprint density at radius 1 is 1.44 bits per heavy atom. The molecule has 7 heteroatoms. The highest BCUT2D eigenvalue weighted by atomic mass is 19.1. The van der Waals surface area contributed by atoms with Crippen LogP contribution in [0.25, 0.3) is 0 Å². The smallest absolute Gasteiger partial charge is 0.223 e. The summed E-state index contributed by atoms with van der Waals surface area (Å²) in [6, 6.07) is 0.747. The predicted octanol–water partition coefficient (Wildman–Crippen LogP) is 1.66.